The zero-order chi connectivity index (χ0) is 15.5. The first-order valence-electron chi connectivity index (χ1n) is 6.74. The van der Waals surface area contributed by atoms with Crippen molar-refractivity contribution in [1.82, 2.24) is 0 Å². The topological polar surface area (TPSA) is 23.8 Å². The molecule has 0 heterocycles. The lowest BCUT2D eigenvalue weighted by Gasteiger charge is -2.07. The van der Waals surface area contributed by atoms with Crippen LogP contribution in [0.1, 0.15) is 11.1 Å². The van der Waals surface area contributed by atoms with Crippen molar-refractivity contribution in [2.24, 2.45) is 0 Å². The molecule has 1 nitrogen and oxygen atoms in total. The number of halogens is 2. The van der Waals surface area contributed by atoms with Gasteiger partial charge in [0.2, 0.25) is 0 Å². The Morgan fingerprint density at radius 2 is 1.50 bits per heavy atom. The number of hydrogen-bond donors (Lipinski definition) is 0. The summed E-state index contributed by atoms with van der Waals surface area (Å²) in [6.45, 7) is 0. The van der Waals surface area contributed by atoms with Crippen molar-refractivity contribution in [3.05, 3.63) is 81.8 Å². The van der Waals surface area contributed by atoms with E-state index in [4.69, 9.17) is 23.2 Å². The van der Waals surface area contributed by atoms with Crippen molar-refractivity contribution >= 4 is 45.6 Å². The third-order valence-corrected chi connectivity index (χ3v) is 4.11. The van der Waals surface area contributed by atoms with Crippen LogP contribution in [0.25, 0.3) is 22.4 Å². The van der Waals surface area contributed by atoms with Crippen molar-refractivity contribution in [3.8, 4) is 6.07 Å². The summed E-state index contributed by atoms with van der Waals surface area (Å²) in [6, 6.07) is 21.5. The lowest BCUT2D eigenvalue weighted by Crippen LogP contribution is -1.87. The van der Waals surface area contributed by atoms with Crippen molar-refractivity contribution < 1.29 is 0 Å². The normalized spacial score (nSPS) is 11.4. The summed E-state index contributed by atoms with van der Waals surface area (Å²) in [6.07, 6.45) is 1.83. The van der Waals surface area contributed by atoms with Crippen molar-refractivity contribution in [3.63, 3.8) is 0 Å². The van der Waals surface area contributed by atoms with Gasteiger partial charge in [0.15, 0.2) is 0 Å². The highest BCUT2D eigenvalue weighted by molar-refractivity contribution is 6.38. The Balaban J connectivity index is 2.23. The monoisotopic (exact) mass is 323 g/mol. The van der Waals surface area contributed by atoms with E-state index >= 15 is 0 Å². The zero-order valence-electron chi connectivity index (χ0n) is 11.6. The quantitative estimate of drug-likeness (QED) is 0.406. The fourth-order valence-electron chi connectivity index (χ4n) is 2.45. The third-order valence-electron chi connectivity index (χ3n) is 3.48. The second-order valence-corrected chi connectivity index (χ2v) is 5.65. The fraction of sp³-hybridized carbons (Fsp3) is 0. The maximum absolute atomic E-state index is 9.53. The smallest absolute Gasteiger partial charge is 0.0999 e. The summed E-state index contributed by atoms with van der Waals surface area (Å²) >= 11 is 12.4. The highest BCUT2D eigenvalue weighted by Gasteiger charge is 2.11. The first-order chi connectivity index (χ1) is 10.7. The summed E-state index contributed by atoms with van der Waals surface area (Å²) in [7, 11) is 0. The third kappa shape index (κ3) is 2.72. The van der Waals surface area contributed by atoms with Gasteiger partial charge in [-0.3, -0.25) is 0 Å². The van der Waals surface area contributed by atoms with Gasteiger partial charge >= 0.3 is 0 Å². The van der Waals surface area contributed by atoms with Gasteiger partial charge in [0, 0.05) is 5.56 Å². The van der Waals surface area contributed by atoms with E-state index in [0.717, 1.165) is 16.3 Å². The molecule has 0 aliphatic carbocycles. The zero-order valence-corrected chi connectivity index (χ0v) is 13.1. The van der Waals surface area contributed by atoms with Crippen LogP contribution in [0.3, 0.4) is 0 Å². The van der Waals surface area contributed by atoms with Crippen LogP contribution in [0.2, 0.25) is 10.0 Å². The van der Waals surface area contributed by atoms with E-state index in [0.29, 0.717) is 21.2 Å². The van der Waals surface area contributed by atoms with Gasteiger partial charge in [-0.1, -0.05) is 71.7 Å². The number of fused-ring (bicyclic) bond motifs is 1. The van der Waals surface area contributed by atoms with Gasteiger partial charge < -0.3 is 0 Å². The van der Waals surface area contributed by atoms with E-state index in [-0.39, 0.29) is 0 Å². The molecule has 3 rings (SSSR count). The largest absolute Gasteiger partial charge is 0.192 e. The van der Waals surface area contributed by atoms with Crippen LogP contribution in [0.4, 0.5) is 0 Å². The minimum Gasteiger partial charge on any atom is -0.192 e. The lowest BCUT2D eigenvalue weighted by atomic mass is 9.99. The van der Waals surface area contributed by atoms with Crippen LogP contribution in [-0.4, -0.2) is 0 Å². The molecule has 3 aromatic rings. The van der Waals surface area contributed by atoms with Crippen molar-refractivity contribution in [1.29, 1.82) is 5.26 Å². The van der Waals surface area contributed by atoms with Crippen LogP contribution >= 0.6 is 23.2 Å². The second-order valence-electron chi connectivity index (χ2n) is 4.83. The Morgan fingerprint density at radius 1 is 0.864 bits per heavy atom. The Bertz CT molecular complexity index is 895. The molecule has 0 amide bonds. The highest BCUT2D eigenvalue weighted by Crippen LogP contribution is 2.33. The summed E-state index contributed by atoms with van der Waals surface area (Å²) in [5.74, 6) is 0. The number of nitrogens with zero attached hydrogens (tertiary/aromatic N) is 1. The average Bonchev–Trinajstić information content (AvgIpc) is 2.54. The molecule has 0 aromatic heterocycles. The van der Waals surface area contributed by atoms with Crippen LogP contribution < -0.4 is 0 Å². The van der Waals surface area contributed by atoms with Crippen molar-refractivity contribution in [2.45, 2.75) is 0 Å². The number of nitriles is 1. The Morgan fingerprint density at radius 3 is 2.23 bits per heavy atom. The molecular formula is C19H11Cl2N. The van der Waals surface area contributed by atoms with Gasteiger partial charge in [0.25, 0.3) is 0 Å². The molecule has 0 spiro atoms. The highest BCUT2D eigenvalue weighted by atomic mass is 35.5. The lowest BCUT2D eigenvalue weighted by molar-refractivity contribution is 1.52. The molecule has 0 aliphatic heterocycles. The Labute approximate surface area is 139 Å². The Kier molecular flexibility index (Phi) is 4.15. The molecule has 0 atom stereocenters. The van der Waals surface area contributed by atoms with Gasteiger partial charge in [0.1, 0.15) is 0 Å². The molecule has 22 heavy (non-hydrogen) atoms. The molecule has 0 saturated carbocycles. The van der Waals surface area contributed by atoms with E-state index < -0.39 is 0 Å². The SMILES string of the molecule is N#C/C(=C/c1cccc2ccccc12)c1c(Cl)cccc1Cl. The fourth-order valence-corrected chi connectivity index (χ4v) is 3.05. The van der Waals surface area contributed by atoms with Gasteiger partial charge in [-0.15, -0.1) is 0 Å². The Hall–Kier alpha value is -2.27. The molecule has 0 N–H and O–H groups in total. The van der Waals surface area contributed by atoms with E-state index in [9.17, 15) is 5.26 Å². The minimum absolute atomic E-state index is 0.451. The number of hydrogen-bond acceptors (Lipinski definition) is 1. The van der Waals surface area contributed by atoms with Crippen LogP contribution in [0.5, 0.6) is 0 Å². The molecule has 0 radical (unpaired) electrons. The van der Waals surface area contributed by atoms with Crippen LogP contribution in [0.15, 0.2) is 60.7 Å². The summed E-state index contributed by atoms with van der Waals surface area (Å²) in [5, 5.41) is 12.7. The standard InChI is InChI=1S/C19H11Cl2N/c20-17-9-4-10-18(21)19(17)15(12-22)11-14-7-3-6-13-5-1-2-8-16(13)14/h1-11H/b15-11-. The maximum atomic E-state index is 9.53. The number of rotatable bonds is 2. The summed E-state index contributed by atoms with van der Waals surface area (Å²) in [4.78, 5) is 0. The van der Waals surface area contributed by atoms with E-state index in [1.807, 2.05) is 48.5 Å². The minimum atomic E-state index is 0.451. The van der Waals surface area contributed by atoms with E-state index in [1.165, 1.54) is 0 Å². The van der Waals surface area contributed by atoms with E-state index in [2.05, 4.69) is 6.07 Å². The first kappa shape index (κ1) is 14.7. The molecule has 3 aromatic carbocycles. The first-order valence-corrected chi connectivity index (χ1v) is 7.50. The number of allylic oxidation sites excluding steroid dienone is 1. The van der Waals surface area contributed by atoms with Crippen molar-refractivity contribution in [2.75, 3.05) is 0 Å². The molecule has 0 aliphatic rings. The van der Waals surface area contributed by atoms with Gasteiger partial charge in [-0.05, 0) is 34.5 Å². The molecule has 0 unspecified atom stereocenters. The van der Waals surface area contributed by atoms with E-state index in [1.54, 1.807) is 18.2 Å². The molecule has 106 valence electrons. The molecule has 3 heteroatoms. The predicted molar refractivity (Wildman–Crippen MR) is 93.9 cm³/mol. The molecule has 0 fully saturated rings. The molecular weight excluding hydrogens is 313 g/mol. The summed E-state index contributed by atoms with van der Waals surface area (Å²) < 4.78 is 0. The maximum Gasteiger partial charge on any atom is 0.0999 e. The molecule has 0 bridgehead atoms. The van der Waals surface area contributed by atoms with Gasteiger partial charge in [0.05, 0.1) is 21.7 Å². The second kappa shape index (κ2) is 6.23. The van der Waals surface area contributed by atoms with Crippen LogP contribution in [-0.2, 0) is 0 Å². The van der Waals surface area contributed by atoms with Gasteiger partial charge in [-0.2, -0.15) is 5.26 Å². The van der Waals surface area contributed by atoms with Crippen LogP contribution in [0, 0.1) is 11.3 Å². The average molecular weight is 324 g/mol. The van der Waals surface area contributed by atoms with Gasteiger partial charge in [-0.25, -0.2) is 0 Å². The molecule has 0 saturated heterocycles. The number of benzene rings is 3. The predicted octanol–water partition coefficient (Wildman–Crippen LogP) is 6.21. The summed E-state index contributed by atoms with van der Waals surface area (Å²) in [5.41, 5.74) is 1.99.